The first kappa shape index (κ1) is 8.51. The van der Waals surface area contributed by atoms with Gasteiger partial charge in [0.2, 0.25) is 0 Å². The van der Waals surface area contributed by atoms with E-state index in [1.807, 2.05) is 0 Å². The largest absolute Gasteiger partial charge is 0.310 e. The molecule has 0 saturated carbocycles. The van der Waals surface area contributed by atoms with E-state index < -0.39 is 0 Å². The zero-order valence-electron chi connectivity index (χ0n) is 6.89. The molecule has 1 aromatic carbocycles. The lowest BCUT2D eigenvalue weighted by Crippen LogP contribution is -2.12. The van der Waals surface area contributed by atoms with Crippen LogP contribution in [-0.4, -0.2) is 6.54 Å². The van der Waals surface area contributed by atoms with Crippen LogP contribution in [0.5, 0.6) is 0 Å². The molecule has 1 aliphatic rings. The molecule has 0 aromatic heterocycles. The fourth-order valence-electron chi connectivity index (χ4n) is 1.66. The maximum absolute atomic E-state index is 3.49. The van der Waals surface area contributed by atoms with Crippen molar-refractivity contribution in [2.75, 3.05) is 6.54 Å². The standard InChI is InChI=1S/C10H12IN/c11-9-5-3-8(4-6-9)10-2-1-7-12-10/h3-6,10,12H,1-2,7H2/t10-/m0/s1. The van der Waals surface area contributed by atoms with E-state index in [1.165, 1.54) is 28.5 Å². The molecule has 0 spiro atoms. The summed E-state index contributed by atoms with van der Waals surface area (Å²) < 4.78 is 1.31. The molecule has 0 radical (unpaired) electrons. The minimum Gasteiger partial charge on any atom is -0.310 e. The minimum atomic E-state index is 0.613. The molecule has 0 aliphatic carbocycles. The molecule has 0 amide bonds. The molecule has 1 aromatic rings. The van der Waals surface area contributed by atoms with Crippen molar-refractivity contribution in [3.05, 3.63) is 33.4 Å². The SMILES string of the molecule is Ic1ccc([C@@H]2CCCN2)cc1. The highest BCUT2D eigenvalue weighted by atomic mass is 127. The van der Waals surface area contributed by atoms with Gasteiger partial charge in [-0.25, -0.2) is 0 Å². The van der Waals surface area contributed by atoms with Crippen LogP contribution in [0, 0.1) is 3.57 Å². The van der Waals surface area contributed by atoms with E-state index in [0.717, 1.165) is 0 Å². The van der Waals surface area contributed by atoms with Crippen molar-refractivity contribution in [2.45, 2.75) is 18.9 Å². The molecule has 0 bridgehead atoms. The van der Waals surface area contributed by atoms with Crippen LogP contribution < -0.4 is 5.32 Å². The van der Waals surface area contributed by atoms with E-state index in [0.29, 0.717) is 6.04 Å². The van der Waals surface area contributed by atoms with Crippen molar-refractivity contribution in [3.8, 4) is 0 Å². The first-order chi connectivity index (χ1) is 5.86. The average molecular weight is 273 g/mol. The Kier molecular flexibility index (Phi) is 2.66. The summed E-state index contributed by atoms with van der Waals surface area (Å²) in [5.74, 6) is 0. The highest BCUT2D eigenvalue weighted by Gasteiger charge is 2.14. The molecule has 1 fully saturated rings. The van der Waals surface area contributed by atoms with Crippen LogP contribution >= 0.6 is 22.6 Å². The first-order valence-corrected chi connectivity index (χ1v) is 5.43. The lowest BCUT2D eigenvalue weighted by molar-refractivity contribution is 0.647. The third-order valence-corrected chi connectivity index (χ3v) is 3.05. The molecule has 2 heteroatoms. The van der Waals surface area contributed by atoms with E-state index in [2.05, 4.69) is 52.2 Å². The zero-order chi connectivity index (χ0) is 8.39. The van der Waals surface area contributed by atoms with Gasteiger partial charge in [0, 0.05) is 9.61 Å². The normalized spacial score (nSPS) is 22.9. The number of nitrogens with one attached hydrogen (secondary N) is 1. The smallest absolute Gasteiger partial charge is 0.0320 e. The lowest BCUT2D eigenvalue weighted by Gasteiger charge is -2.09. The maximum Gasteiger partial charge on any atom is 0.0320 e. The quantitative estimate of drug-likeness (QED) is 0.776. The van der Waals surface area contributed by atoms with E-state index in [-0.39, 0.29) is 0 Å². The minimum absolute atomic E-state index is 0.613. The Hall–Kier alpha value is -0.0900. The number of hydrogen-bond donors (Lipinski definition) is 1. The Bertz CT molecular complexity index is 249. The molecular weight excluding hydrogens is 261 g/mol. The summed E-state index contributed by atoms with van der Waals surface area (Å²) in [4.78, 5) is 0. The van der Waals surface area contributed by atoms with Crippen LogP contribution in [0.1, 0.15) is 24.4 Å². The zero-order valence-corrected chi connectivity index (χ0v) is 9.04. The van der Waals surface area contributed by atoms with Crippen LogP contribution in [0.25, 0.3) is 0 Å². The van der Waals surface area contributed by atoms with Crippen molar-refractivity contribution in [2.24, 2.45) is 0 Å². The topological polar surface area (TPSA) is 12.0 Å². The molecule has 1 atom stereocenters. The van der Waals surface area contributed by atoms with Gasteiger partial charge in [0.25, 0.3) is 0 Å². The van der Waals surface area contributed by atoms with Gasteiger partial charge in [0.05, 0.1) is 0 Å². The van der Waals surface area contributed by atoms with Crippen molar-refractivity contribution >= 4 is 22.6 Å². The predicted molar refractivity (Wildman–Crippen MR) is 59.1 cm³/mol. The molecule has 64 valence electrons. The van der Waals surface area contributed by atoms with Gasteiger partial charge in [0.15, 0.2) is 0 Å². The van der Waals surface area contributed by atoms with Crippen molar-refractivity contribution in [1.82, 2.24) is 5.32 Å². The van der Waals surface area contributed by atoms with Crippen LogP contribution in [0.3, 0.4) is 0 Å². The molecule has 2 rings (SSSR count). The Morgan fingerprint density at radius 1 is 1.25 bits per heavy atom. The molecule has 1 nitrogen and oxygen atoms in total. The van der Waals surface area contributed by atoms with Gasteiger partial charge >= 0.3 is 0 Å². The molecule has 1 aliphatic heterocycles. The second-order valence-electron chi connectivity index (χ2n) is 3.20. The van der Waals surface area contributed by atoms with Crippen molar-refractivity contribution in [3.63, 3.8) is 0 Å². The maximum atomic E-state index is 3.49. The third-order valence-electron chi connectivity index (χ3n) is 2.33. The van der Waals surface area contributed by atoms with Gasteiger partial charge in [-0.3, -0.25) is 0 Å². The molecule has 0 unspecified atom stereocenters. The third kappa shape index (κ3) is 1.80. The Morgan fingerprint density at radius 3 is 2.58 bits per heavy atom. The van der Waals surface area contributed by atoms with E-state index in [9.17, 15) is 0 Å². The number of halogens is 1. The van der Waals surface area contributed by atoms with Crippen molar-refractivity contribution < 1.29 is 0 Å². The Labute approximate surface area is 86.7 Å². The summed E-state index contributed by atoms with van der Waals surface area (Å²) in [7, 11) is 0. The fraction of sp³-hybridized carbons (Fsp3) is 0.400. The summed E-state index contributed by atoms with van der Waals surface area (Å²) >= 11 is 2.34. The molecule has 1 heterocycles. The molecule has 1 N–H and O–H groups in total. The number of hydrogen-bond acceptors (Lipinski definition) is 1. The van der Waals surface area contributed by atoms with Gasteiger partial charge in [-0.2, -0.15) is 0 Å². The van der Waals surface area contributed by atoms with Crippen LogP contribution in [0.2, 0.25) is 0 Å². The van der Waals surface area contributed by atoms with E-state index in [1.54, 1.807) is 0 Å². The van der Waals surface area contributed by atoms with Crippen LogP contribution in [0.4, 0.5) is 0 Å². The monoisotopic (exact) mass is 273 g/mol. The number of benzene rings is 1. The highest BCUT2D eigenvalue weighted by molar-refractivity contribution is 14.1. The molecule has 12 heavy (non-hydrogen) atoms. The second kappa shape index (κ2) is 3.75. The first-order valence-electron chi connectivity index (χ1n) is 4.35. The van der Waals surface area contributed by atoms with Gasteiger partial charge in [-0.1, -0.05) is 12.1 Å². The summed E-state index contributed by atoms with van der Waals surface area (Å²) in [6.45, 7) is 1.18. The van der Waals surface area contributed by atoms with Gasteiger partial charge in [0.1, 0.15) is 0 Å². The van der Waals surface area contributed by atoms with Gasteiger partial charge < -0.3 is 5.32 Å². The molecular formula is C10H12IN. The van der Waals surface area contributed by atoms with Gasteiger partial charge in [-0.05, 0) is 59.7 Å². The summed E-state index contributed by atoms with van der Waals surface area (Å²) in [5, 5.41) is 3.49. The van der Waals surface area contributed by atoms with Crippen LogP contribution in [-0.2, 0) is 0 Å². The fourth-order valence-corrected chi connectivity index (χ4v) is 2.02. The lowest BCUT2D eigenvalue weighted by atomic mass is 10.1. The van der Waals surface area contributed by atoms with Gasteiger partial charge in [-0.15, -0.1) is 0 Å². The summed E-state index contributed by atoms with van der Waals surface area (Å²) in [6.07, 6.45) is 2.61. The van der Waals surface area contributed by atoms with Crippen LogP contribution in [0.15, 0.2) is 24.3 Å². The Balaban J connectivity index is 2.17. The number of rotatable bonds is 1. The summed E-state index contributed by atoms with van der Waals surface area (Å²) in [5.41, 5.74) is 1.44. The summed E-state index contributed by atoms with van der Waals surface area (Å²) in [6, 6.07) is 9.42. The predicted octanol–water partition coefficient (Wildman–Crippen LogP) is 2.72. The van der Waals surface area contributed by atoms with E-state index in [4.69, 9.17) is 0 Å². The molecule has 1 saturated heterocycles. The Morgan fingerprint density at radius 2 is 2.00 bits per heavy atom. The van der Waals surface area contributed by atoms with E-state index >= 15 is 0 Å². The highest BCUT2D eigenvalue weighted by Crippen LogP contribution is 2.23. The second-order valence-corrected chi connectivity index (χ2v) is 4.45. The average Bonchev–Trinajstić information content (AvgIpc) is 2.58. The van der Waals surface area contributed by atoms with Crippen molar-refractivity contribution in [1.29, 1.82) is 0 Å².